The molecule has 2 aliphatic heterocycles. The predicted molar refractivity (Wildman–Crippen MR) is 179 cm³/mol. The van der Waals surface area contributed by atoms with Gasteiger partial charge in [-0.05, 0) is 22.6 Å². The van der Waals surface area contributed by atoms with Gasteiger partial charge in [0.05, 0.1) is 30.7 Å². The molecular formula is C27H35F4I3K2N6O5. The minimum atomic E-state index is -2.53. The molecule has 6 rings (SSSR count). The second kappa shape index (κ2) is 21.6. The molecule has 2 aromatic rings. The Labute approximate surface area is 394 Å². The van der Waals surface area contributed by atoms with Crippen LogP contribution in [0.25, 0.3) is 0 Å². The summed E-state index contributed by atoms with van der Waals surface area (Å²) in [5.74, 6) is -3.51. The summed E-state index contributed by atoms with van der Waals surface area (Å²) in [7, 11) is 0. The van der Waals surface area contributed by atoms with Gasteiger partial charge in [-0.1, -0.05) is 13.8 Å². The third-order valence-corrected chi connectivity index (χ3v) is 9.03. The van der Waals surface area contributed by atoms with Crippen molar-refractivity contribution in [2.75, 3.05) is 13.1 Å². The number of rotatable bonds is 5. The van der Waals surface area contributed by atoms with E-state index in [9.17, 15) is 27.2 Å². The van der Waals surface area contributed by atoms with Crippen LogP contribution in [0.1, 0.15) is 88.7 Å². The van der Waals surface area contributed by atoms with Crippen LogP contribution in [0.3, 0.4) is 0 Å². The minimum absolute atomic E-state index is 0. The molecule has 2 saturated carbocycles. The molecule has 2 aromatic heterocycles. The van der Waals surface area contributed by atoms with E-state index in [0.717, 1.165) is 26.7 Å². The summed E-state index contributed by atoms with van der Waals surface area (Å²) in [5.41, 5.74) is 1.95. The molecule has 47 heavy (non-hydrogen) atoms. The van der Waals surface area contributed by atoms with Gasteiger partial charge in [-0.2, -0.15) is 0 Å². The quantitative estimate of drug-likeness (QED) is 0.0963. The zero-order valence-electron chi connectivity index (χ0n) is 27.7. The molecule has 0 spiro atoms. The van der Waals surface area contributed by atoms with Crippen molar-refractivity contribution >= 4 is 78.1 Å². The van der Waals surface area contributed by atoms with Crippen molar-refractivity contribution < 1.29 is 146 Å². The van der Waals surface area contributed by atoms with Crippen LogP contribution in [0, 0.1) is 3.70 Å². The van der Waals surface area contributed by atoms with Crippen LogP contribution in [0.5, 0.6) is 0 Å². The van der Waals surface area contributed by atoms with Crippen molar-refractivity contribution in [1.82, 2.24) is 28.9 Å². The number of amides is 2. The van der Waals surface area contributed by atoms with E-state index in [1.165, 1.54) is 0 Å². The zero-order valence-corrected chi connectivity index (χ0v) is 39.4. The average molecular weight is 1060 g/mol. The number of hydrogen-bond acceptors (Lipinski definition) is 7. The van der Waals surface area contributed by atoms with Crippen molar-refractivity contribution in [1.29, 1.82) is 0 Å². The molecule has 2 amide bonds. The van der Waals surface area contributed by atoms with Crippen LogP contribution in [-0.2, 0) is 45.5 Å². The van der Waals surface area contributed by atoms with Gasteiger partial charge in [0, 0.05) is 114 Å². The Morgan fingerprint density at radius 2 is 1.36 bits per heavy atom. The van der Waals surface area contributed by atoms with Crippen LogP contribution in [0.15, 0.2) is 6.20 Å². The second-order valence-corrected chi connectivity index (χ2v) is 12.1. The Balaban J connectivity index is 0.000000752. The molecule has 2 fully saturated rings. The standard InChI is InChI=1S/C13H16F2IN3O.C13H17F2N3O.CH2O3.I2.2K.H/c1-2-10(20)18-3-4-19-9(7-18)11(16)17-12(19)8-5-13(14,15)6-8;1-2-11(19)17-3-4-18-10(8-17)7-16-12(18)9-5-13(14,15)6-9;2-1-4-3;1-2;;;/h8H,2-7H2,1H3;7,9H,2-6,8H2,1H3;1,3H;;;;/q;;;;2*+1;-1/p-1. The summed E-state index contributed by atoms with van der Waals surface area (Å²) < 4.78 is 56.8. The van der Waals surface area contributed by atoms with Gasteiger partial charge in [0.15, 0.2) is 0 Å². The van der Waals surface area contributed by atoms with Crippen molar-refractivity contribution in [2.45, 2.75) is 102 Å². The maximum Gasteiger partial charge on any atom is 1.00 e. The maximum atomic E-state index is 13.0. The Morgan fingerprint density at radius 1 is 0.915 bits per heavy atom. The van der Waals surface area contributed by atoms with E-state index in [1.54, 1.807) is 11.1 Å². The Kier molecular flexibility index (Phi) is 21.6. The number of hydrogen-bond donors (Lipinski definition) is 0. The third kappa shape index (κ3) is 12.5. The fourth-order valence-electron chi connectivity index (χ4n) is 5.86. The van der Waals surface area contributed by atoms with Crippen LogP contribution in [0.4, 0.5) is 17.6 Å². The number of nitrogens with zero attached hydrogens (tertiary/aromatic N) is 6. The van der Waals surface area contributed by atoms with Gasteiger partial charge in [0.1, 0.15) is 15.3 Å². The normalized spacial score (nSPS) is 18.6. The van der Waals surface area contributed by atoms with Crippen LogP contribution in [0.2, 0.25) is 0 Å². The average Bonchev–Trinajstić information content (AvgIpc) is 3.59. The number of aromatic nitrogens is 4. The fraction of sp³-hybridized carbons (Fsp3) is 0.667. The van der Waals surface area contributed by atoms with E-state index in [0.29, 0.717) is 52.1 Å². The number of carbonyl (C=O) groups excluding carboxylic acids is 3. The fourth-order valence-corrected chi connectivity index (χ4v) is 6.57. The van der Waals surface area contributed by atoms with Gasteiger partial charge in [-0.3, -0.25) is 14.4 Å². The predicted octanol–water partition coefficient (Wildman–Crippen LogP) is -0.773. The molecule has 11 nitrogen and oxygen atoms in total. The van der Waals surface area contributed by atoms with Crippen LogP contribution >= 0.6 is 59.8 Å². The summed E-state index contributed by atoms with van der Waals surface area (Å²) in [6.45, 7) is 7.21. The number of alkyl halides is 4. The molecule has 4 aliphatic rings. The van der Waals surface area contributed by atoms with Gasteiger partial charge in [0.25, 0.3) is 6.47 Å². The maximum absolute atomic E-state index is 13.0. The molecule has 0 unspecified atom stereocenters. The first-order valence-corrected chi connectivity index (χ1v) is 21.7. The number of halogens is 7. The Hall–Kier alpha value is 1.97. The molecule has 2 aliphatic carbocycles. The molecule has 4 heterocycles. The molecular weight excluding hydrogens is 1020 g/mol. The smallest absolute Gasteiger partial charge is 1.00 e. The monoisotopic (exact) mass is 1060 g/mol. The topological polar surface area (TPSA) is 126 Å². The van der Waals surface area contributed by atoms with E-state index in [2.05, 4.69) is 74.7 Å². The van der Waals surface area contributed by atoms with Crippen molar-refractivity contribution in [3.63, 3.8) is 0 Å². The number of fused-ring (bicyclic) bond motifs is 2. The molecule has 0 aromatic carbocycles. The summed E-state index contributed by atoms with van der Waals surface area (Å²) in [6, 6.07) is 0. The van der Waals surface area contributed by atoms with E-state index in [1.807, 2.05) is 27.9 Å². The zero-order chi connectivity index (χ0) is 33.5. The minimum Gasteiger partial charge on any atom is -1.00 e. The van der Waals surface area contributed by atoms with Gasteiger partial charge < -0.3 is 30.5 Å². The Bertz CT molecular complexity index is 1350. The largest absolute Gasteiger partial charge is 1.00 e. The molecule has 0 bridgehead atoms. The molecule has 20 heteroatoms. The van der Waals surface area contributed by atoms with Crippen molar-refractivity contribution in [3.8, 4) is 0 Å². The van der Waals surface area contributed by atoms with Crippen molar-refractivity contribution in [2.24, 2.45) is 0 Å². The first kappa shape index (κ1) is 47.0. The molecule has 0 atom stereocenters. The first-order valence-electron chi connectivity index (χ1n) is 14.3. The molecule has 0 N–H and O–H groups in total. The van der Waals surface area contributed by atoms with E-state index in [-0.39, 0.29) is 160 Å². The van der Waals surface area contributed by atoms with Gasteiger partial charge in [0.2, 0.25) is 23.7 Å². The SMILES string of the molecule is CCC(=O)N1CCn2c(C3CC(F)(F)C3)nc(I)c2C1.CCC(=O)N1CCn2c(cnc2C2CC(F)(F)C2)C1.II.O=CO[O-].[H-].[K+].[K+]. The number of imidazole rings is 2. The van der Waals surface area contributed by atoms with Crippen LogP contribution in [-0.4, -0.2) is 72.1 Å². The summed E-state index contributed by atoms with van der Waals surface area (Å²) >= 11 is 6.37. The van der Waals surface area contributed by atoms with E-state index >= 15 is 0 Å². The van der Waals surface area contributed by atoms with Gasteiger partial charge >= 0.3 is 103 Å². The molecule has 0 radical (unpaired) electrons. The third-order valence-electron chi connectivity index (χ3n) is 8.16. The number of carbonyl (C=O) groups is 3. The molecule has 0 saturated heterocycles. The van der Waals surface area contributed by atoms with E-state index < -0.39 is 11.8 Å². The van der Waals surface area contributed by atoms with Crippen molar-refractivity contribution in [3.05, 3.63) is 32.9 Å². The van der Waals surface area contributed by atoms with Crippen LogP contribution < -0.4 is 108 Å². The van der Waals surface area contributed by atoms with E-state index in [4.69, 9.17) is 10.1 Å². The Morgan fingerprint density at radius 3 is 1.81 bits per heavy atom. The summed E-state index contributed by atoms with van der Waals surface area (Å²) in [6.07, 6.45) is 2.32. The molecule has 254 valence electrons. The van der Waals surface area contributed by atoms with Gasteiger partial charge in [-0.15, -0.1) is 0 Å². The summed E-state index contributed by atoms with van der Waals surface area (Å²) in [4.78, 5) is 47.1. The van der Waals surface area contributed by atoms with Gasteiger partial charge in [-0.25, -0.2) is 27.5 Å². The summed E-state index contributed by atoms with van der Waals surface area (Å²) in [5, 5.41) is 8.43. The second-order valence-electron chi connectivity index (χ2n) is 11.1. The first-order chi connectivity index (χ1) is 21.3.